The van der Waals surface area contributed by atoms with Gasteiger partial charge in [-0.1, -0.05) is 18.7 Å². The third-order valence-corrected chi connectivity index (χ3v) is 7.97. The summed E-state index contributed by atoms with van der Waals surface area (Å²) in [5, 5.41) is 10.6. The van der Waals surface area contributed by atoms with Gasteiger partial charge in [-0.05, 0) is 37.1 Å². The normalized spacial score (nSPS) is 17.5. The summed E-state index contributed by atoms with van der Waals surface area (Å²) in [7, 11) is 1.87. The highest BCUT2D eigenvalue weighted by molar-refractivity contribution is 7.23. The molecule has 5 rings (SSSR count). The summed E-state index contributed by atoms with van der Waals surface area (Å²) in [5.41, 5.74) is 6.73. The number of likely N-dealkylation sites (tertiary alicyclic amines) is 1. The second-order valence-corrected chi connectivity index (χ2v) is 9.77. The van der Waals surface area contributed by atoms with Crippen molar-refractivity contribution in [1.29, 1.82) is 5.26 Å². The Hall–Kier alpha value is -4.10. The minimum absolute atomic E-state index is 0.0292. The first kappa shape index (κ1) is 23.6. The van der Waals surface area contributed by atoms with Crippen LogP contribution in [0.4, 0.5) is 19.6 Å². The van der Waals surface area contributed by atoms with Crippen LogP contribution in [0.1, 0.15) is 18.9 Å². The van der Waals surface area contributed by atoms with E-state index in [1.165, 1.54) is 24.5 Å². The number of nitriles is 1. The van der Waals surface area contributed by atoms with Gasteiger partial charge in [-0.15, -0.1) is 11.3 Å². The van der Waals surface area contributed by atoms with Gasteiger partial charge in [0.05, 0.1) is 16.3 Å². The minimum Gasteiger partial charge on any atom is -0.389 e. The van der Waals surface area contributed by atoms with Crippen LogP contribution >= 0.6 is 11.3 Å². The van der Waals surface area contributed by atoms with Gasteiger partial charge < -0.3 is 15.5 Å². The third kappa shape index (κ3) is 3.46. The van der Waals surface area contributed by atoms with Crippen LogP contribution < -0.4 is 10.6 Å². The van der Waals surface area contributed by atoms with E-state index >= 15 is 4.39 Å². The maximum Gasteiger partial charge on any atom is 0.246 e. The Labute approximate surface area is 210 Å². The third-order valence-electron chi connectivity index (χ3n) is 6.95. The molecule has 1 saturated heterocycles. The summed E-state index contributed by atoms with van der Waals surface area (Å²) in [5.74, 6) is -0.710. The summed E-state index contributed by atoms with van der Waals surface area (Å²) in [4.78, 5) is 24.5. The van der Waals surface area contributed by atoms with Crippen LogP contribution in [0.2, 0.25) is 0 Å². The second kappa shape index (κ2) is 8.84. The van der Waals surface area contributed by atoms with Crippen LogP contribution in [0.3, 0.4) is 0 Å². The maximum atomic E-state index is 16.0. The molecule has 2 aromatic heterocycles. The number of fused-ring (bicyclic) bond motifs is 2. The van der Waals surface area contributed by atoms with Gasteiger partial charge in [-0.25, -0.2) is 18.7 Å². The standard InChI is InChI=1S/C26H22F2N6OS/c1-4-20(35)34-10-9-19(13(34)2)33(3)26-16-6-5-15(22(28)23(16)31-12-32-26)14-7-8-18(27)24-21(14)17(11-29)25(30)36-24/h4-8,12-13,19H,1,9-10,30H2,2-3H3/t13-,19-/m1/s1. The Morgan fingerprint density at radius 3 is 2.78 bits per heavy atom. The molecule has 0 bridgehead atoms. The Bertz CT molecular complexity index is 1590. The van der Waals surface area contributed by atoms with Gasteiger partial charge in [0.15, 0.2) is 5.82 Å². The molecule has 3 heterocycles. The summed E-state index contributed by atoms with van der Waals surface area (Å²) >= 11 is 0.964. The van der Waals surface area contributed by atoms with Crippen molar-refractivity contribution in [2.75, 3.05) is 24.2 Å². The van der Waals surface area contributed by atoms with Gasteiger partial charge >= 0.3 is 0 Å². The fourth-order valence-corrected chi connectivity index (χ4v) is 6.07. The van der Waals surface area contributed by atoms with E-state index in [-0.39, 0.29) is 49.7 Å². The first-order chi connectivity index (χ1) is 17.3. The van der Waals surface area contributed by atoms with Crippen LogP contribution in [0.5, 0.6) is 0 Å². The highest BCUT2D eigenvalue weighted by atomic mass is 32.1. The van der Waals surface area contributed by atoms with E-state index < -0.39 is 11.6 Å². The van der Waals surface area contributed by atoms with Gasteiger partial charge in [0.2, 0.25) is 5.91 Å². The lowest BCUT2D eigenvalue weighted by Gasteiger charge is -2.31. The zero-order valence-electron chi connectivity index (χ0n) is 19.6. The van der Waals surface area contributed by atoms with Crippen molar-refractivity contribution >= 4 is 49.1 Å². The molecular formula is C26H22F2N6OS. The van der Waals surface area contributed by atoms with Crippen LogP contribution in [0, 0.1) is 23.0 Å². The van der Waals surface area contributed by atoms with Crippen molar-refractivity contribution in [2.24, 2.45) is 0 Å². The molecule has 0 saturated carbocycles. The summed E-state index contributed by atoms with van der Waals surface area (Å²) in [6.07, 6.45) is 3.34. The number of carbonyl (C=O) groups is 1. The molecular weight excluding hydrogens is 482 g/mol. The van der Waals surface area contributed by atoms with Crippen LogP contribution in [0.15, 0.2) is 43.2 Å². The molecule has 36 heavy (non-hydrogen) atoms. The van der Waals surface area contributed by atoms with E-state index in [0.29, 0.717) is 23.3 Å². The van der Waals surface area contributed by atoms with Gasteiger partial charge in [0, 0.05) is 36.0 Å². The van der Waals surface area contributed by atoms with Crippen molar-refractivity contribution in [2.45, 2.75) is 25.4 Å². The first-order valence-corrected chi connectivity index (χ1v) is 12.1. The Kier molecular flexibility index (Phi) is 5.80. The molecule has 1 fully saturated rings. The number of aromatic nitrogens is 2. The molecule has 10 heteroatoms. The van der Waals surface area contributed by atoms with E-state index in [0.717, 1.165) is 17.8 Å². The van der Waals surface area contributed by atoms with Crippen molar-refractivity contribution in [3.05, 3.63) is 60.4 Å². The molecule has 0 spiro atoms. The van der Waals surface area contributed by atoms with Crippen LogP contribution in [-0.2, 0) is 4.79 Å². The molecule has 1 aliphatic rings. The number of hydrogen-bond donors (Lipinski definition) is 1. The van der Waals surface area contributed by atoms with Gasteiger partial charge in [-0.3, -0.25) is 4.79 Å². The van der Waals surface area contributed by atoms with E-state index in [1.54, 1.807) is 17.0 Å². The fourth-order valence-electron chi connectivity index (χ4n) is 5.12. The molecule has 182 valence electrons. The zero-order chi connectivity index (χ0) is 25.7. The second-order valence-electron chi connectivity index (χ2n) is 8.72. The average Bonchev–Trinajstić information content (AvgIpc) is 3.43. The van der Waals surface area contributed by atoms with Gasteiger partial charge in [-0.2, -0.15) is 5.26 Å². The number of anilines is 2. The number of rotatable bonds is 4. The first-order valence-electron chi connectivity index (χ1n) is 11.3. The lowest BCUT2D eigenvalue weighted by molar-refractivity contribution is -0.126. The molecule has 1 amide bonds. The summed E-state index contributed by atoms with van der Waals surface area (Å²) in [6.45, 7) is 6.14. The molecule has 2 atom stereocenters. The van der Waals surface area contributed by atoms with E-state index in [2.05, 4.69) is 16.5 Å². The summed E-state index contributed by atoms with van der Waals surface area (Å²) < 4.78 is 30.6. The quantitative estimate of drug-likeness (QED) is 0.399. The molecule has 4 aromatic rings. The van der Waals surface area contributed by atoms with E-state index in [1.807, 2.05) is 24.9 Å². The number of nitrogen functional groups attached to an aromatic ring is 1. The van der Waals surface area contributed by atoms with Crippen molar-refractivity contribution in [3.8, 4) is 17.2 Å². The highest BCUT2D eigenvalue weighted by Gasteiger charge is 2.36. The summed E-state index contributed by atoms with van der Waals surface area (Å²) in [6, 6.07) is 7.91. The van der Waals surface area contributed by atoms with E-state index in [4.69, 9.17) is 5.73 Å². The maximum absolute atomic E-state index is 16.0. The smallest absolute Gasteiger partial charge is 0.246 e. The highest BCUT2D eigenvalue weighted by Crippen LogP contribution is 2.42. The van der Waals surface area contributed by atoms with Crippen LogP contribution in [0.25, 0.3) is 32.1 Å². The Morgan fingerprint density at radius 1 is 1.31 bits per heavy atom. The van der Waals surface area contributed by atoms with E-state index in [9.17, 15) is 14.4 Å². The number of hydrogen-bond acceptors (Lipinski definition) is 7. The Balaban J connectivity index is 1.62. The minimum atomic E-state index is -0.603. The van der Waals surface area contributed by atoms with Crippen LogP contribution in [-0.4, -0.2) is 46.5 Å². The lowest BCUT2D eigenvalue weighted by Crippen LogP contribution is -2.43. The van der Waals surface area contributed by atoms with Crippen molar-refractivity contribution < 1.29 is 13.6 Å². The lowest BCUT2D eigenvalue weighted by atomic mass is 9.97. The number of benzene rings is 2. The number of likely N-dealkylation sites (N-methyl/N-ethyl adjacent to an activating group) is 1. The average molecular weight is 505 g/mol. The SMILES string of the molecule is C=CC(=O)N1CC[C@@H](N(C)c2ncnc3c(F)c(-c4ccc(F)c5sc(N)c(C#N)c45)ccc23)[C@H]1C. The molecule has 0 radical (unpaired) electrons. The number of nitrogens with two attached hydrogens (primary N) is 1. The Morgan fingerprint density at radius 2 is 2.06 bits per heavy atom. The monoisotopic (exact) mass is 504 g/mol. The molecule has 0 aliphatic carbocycles. The zero-order valence-corrected chi connectivity index (χ0v) is 20.4. The number of thiophene rings is 1. The molecule has 2 N–H and O–H groups in total. The predicted octanol–water partition coefficient (Wildman–Crippen LogP) is 4.86. The molecule has 7 nitrogen and oxygen atoms in total. The van der Waals surface area contributed by atoms with Gasteiger partial charge in [0.25, 0.3) is 0 Å². The fraction of sp³-hybridized carbons (Fsp3) is 0.231. The molecule has 1 aliphatic heterocycles. The van der Waals surface area contributed by atoms with Crippen molar-refractivity contribution in [3.63, 3.8) is 0 Å². The number of amides is 1. The predicted molar refractivity (Wildman–Crippen MR) is 138 cm³/mol. The largest absolute Gasteiger partial charge is 0.389 e. The topological polar surface area (TPSA) is 99.1 Å². The number of nitrogens with zero attached hydrogens (tertiary/aromatic N) is 5. The number of carbonyl (C=O) groups excluding carboxylic acids is 1. The van der Waals surface area contributed by atoms with Gasteiger partial charge in [0.1, 0.15) is 34.5 Å². The molecule has 0 unspecified atom stereocenters. The number of halogens is 2. The molecule has 2 aromatic carbocycles. The van der Waals surface area contributed by atoms with Crippen molar-refractivity contribution in [1.82, 2.24) is 14.9 Å².